The molecule has 2 nitrogen and oxygen atoms in total. The first-order valence-corrected chi connectivity index (χ1v) is 6.28. The summed E-state index contributed by atoms with van der Waals surface area (Å²) in [7, 11) is 0. The van der Waals surface area contributed by atoms with Crippen molar-refractivity contribution in [3.05, 3.63) is 69.7 Å². The molecule has 2 aromatic rings. The van der Waals surface area contributed by atoms with E-state index < -0.39 is 12.1 Å². The van der Waals surface area contributed by atoms with Gasteiger partial charge in [-0.2, -0.15) is 0 Å². The van der Waals surface area contributed by atoms with Gasteiger partial charge in [-0.3, -0.25) is 0 Å². The van der Waals surface area contributed by atoms with Gasteiger partial charge in [0, 0.05) is 10.0 Å². The van der Waals surface area contributed by atoms with E-state index in [4.69, 9.17) is 28.9 Å². The van der Waals surface area contributed by atoms with Crippen LogP contribution >= 0.6 is 35.6 Å². The topological polar surface area (TPSA) is 46.2 Å². The molecule has 0 aliphatic heterocycles. The average molecular weight is 319 g/mol. The maximum absolute atomic E-state index is 10.2. The molecule has 0 aliphatic rings. The Hall–Kier alpha value is -0.770. The Morgan fingerprint density at radius 3 is 2.11 bits per heavy atom. The van der Waals surface area contributed by atoms with Crippen LogP contribution in [-0.2, 0) is 0 Å². The zero-order valence-corrected chi connectivity index (χ0v) is 12.3. The number of aliphatic hydroxyl groups excluding tert-OH is 1. The third kappa shape index (κ3) is 4.10. The molecule has 0 aliphatic carbocycles. The summed E-state index contributed by atoms with van der Waals surface area (Å²) in [6.45, 7) is 0. The first kappa shape index (κ1) is 16.3. The molecule has 0 aromatic heterocycles. The molecule has 0 fully saturated rings. The van der Waals surface area contributed by atoms with Gasteiger partial charge in [0.15, 0.2) is 0 Å². The predicted molar refractivity (Wildman–Crippen MR) is 82.0 cm³/mol. The lowest BCUT2D eigenvalue weighted by Crippen LogP contribution is -2.19. The fraction of sp³-hybridized carbons (Fsp3) is 0.143. The lowest BCUT2D eigenvalue weighted by atomic mass is 9.97. The minimum Gasteiger partial charge on any atom is -0.386 e. The van der Waals surface area contributed by atoms with Gasteiger partial charge in [0.05, 0.1) is 12.1 Å². The molecule has 3 N–H and O–H groups in total. The number of halogens is 3. The van der Waals surface area contributed by atoms with Crippen LogP contribution in [0.3, 0.4) is 0 Å². The lowest BCUT2D eigenvalue weighted by Gasteiger charge is -2.19. The fourth-order valence-electron chi connectivity index (χ4n) is 1.77. The van der Waals surface area contributed by atoms with Crippen LogP contribution in [0.5, 0.6) is 0 Å². The smallest absolute Gasteiger partial charge is 0.0983 e. The monoisotopic (exact) mass is 317 g/mol. The Morgan fingerprint density at radius 1 is 0.895 bits per heavy atom. The summed E-state index contributed by atoms with van der Waals surface area (Å²) >= 11 is 11.7. The van der Waals surface area contributed by atoms with E-state index >= 15 is 0 Å². The van der Waals surface area contributed by atoms with E-state index in [-0.39, 0.29) is 12.4 Å². The molecule has 2 aromatic carbocycles. The maximum Gasteiger partial charge on any atom is 0.0983 e. The second kappa shape index (κ2) is 7.13. The third-order valence-electron chi connectivity index (χ3n) is 2.79. The SMILES string of the molecule is Cl.N[C@@H](c1ccc(Cl)cc1)[C@@H](O)c1cccc(Cl)c1. The van der Waals surface area contributed by atoms with Gasteiger partial charge in [-0.05, 0) is 35.4 Å². The van der Waals surface area contributed by atoms with E-state index in [2.05, 4.69) is 0 Å². The highest BCUT2D eigenvalue weighted by Gasteiger charge is 2.18. The molecular weight excluding hydrogens is 305 g/mol. The number of hydrogen-bond donors (Lipinski definition) is 2. The minimum atomic E-state index is -0.801. The molecule has 0 amide bonds. The average Bonchev–Trinajstić information content (AvgIpc) is 2.38. The van der Waals surface area contributed by atoms with E-state index in [9.17, 15) is 5.11 Å². The van der Waals surface area contributed by atoms with E-state index in [1.54, 1.807) is 48.5 Å². The fourth-order valence-corrected chi connectivity index (χ4v) is 2.09. The van der Waals surface area contributed by atoms with Crippen molar-refractivity contribution in [3.63, 3.8) is 0 Å². The second-order valence-corrected chi connectivity index (χ2v) is 4.95. The summed E-state index contributed by atoms with van der Waals surface area (Å²) < 4.78 is 0. The number of nitrogens with two attached hydrogens (primary N) is 1. The quantitative estimate of drug-likeness (QED) is 0.893. The molecule has 102 valence electrons. The Bertz CT molecular complexity index is 530. The Labute approximate surface area is 128 Å². The maximum atomic E-state index is 10.2. The molecule has 5 heteroatoms. The Balaban J connectivity index is 0.00000180. The zero-order chi connectivity index (χ0) is 13.1. The van der Waals surface area contributed by atoms with Crippen LogP contribution in [-0.4, -0.2) is 5.11 Å². The number of benzene rings is 2. The van der Waals surface area contributed by atoms with Gasteiger partial charge in [0.1, 0.15) is 0 Å². The minimum absolute atomic E-state index is 0. The Kier molecular flexibility index (Phi) is 6.11. The summed E-state index contributed by atoms with van der Waals surface area (Å²) in [5.74, 6) is 0. The summed E-state index contributed by atoms with van der Waals surface area (Å²) in [4.78, 5) is 0. The van der Waals surface area contributed by atoms with Gasteiger partial charge in [-0.15, -0.1) is 12.4 Å². The number of hydrogen-bond acceptors (Lipinski definition) is 2. The van der Waals surface area contributed by atoms with Crippen molar-refractivity contribution in [1.82, 2.24) is 0 Å². The normalized spacial score (nSPS) is 13.5. The summed E-state index contributed by atoms with van der Waals surface area (Å²) in [5, 5.41) is 11.4. The van der Waals surface area contributed by atoms with Crippen LogP contribution in [0.25, 0.3) is 0 Å². The molecule has 0 radical (unpaired) electrons. The van der Waals surface area contributed by atoms with Crippen LogP contribution in [0.4, 0.5) is 0 Å². The van der Waals surface area contributed by atoms with Crippen LogP contribution in [0.2, 0.25) is 10.0 Å². The van der Waals surface area contributed by atoms with Crippen LogP contribution < -0.4 is 5.73 Å². The van der Waals surface area contributed by atoms with Gasteiger partial charge in [0.2, 0.25) is 0 Å². The summed E-state index contributed by atoms with van der Waals surface area (Å²) in [6.07, 6.45) is -0.801. The molecule has 0 saturated heterocycles. The largest absolute Gasteiger partial charge is 0.386 e. The van der Waals surface area contributed by atoms with Crippen LogP contribution in [0, 0.1) is 0 Å². The highest BCUT2D eigenvalue weighted by Crippen LogP contribution is 2.28. The van der Waals surface area contributed by atoms with Crippen LogP contribution in [0.15, 0.2) is 48.5 Å². The highest BCUT2D eigenvalue weighted by atomic mass is 35.5. The van der Waals surface area contributed by atoms with Gasteiger partial charge in [-0.1, -0.05) is 47.5 Å². The van der Waals surface area contributed by atoms with E-state index in [0.717, 1.165) is 5.56 Å². The molecular formula is C14H14Cl3NO. The molecule has 2 rings (SSSR count). The zero-order valence-electron chi connectivity index (χ0n) is 9.96. The van der Waals surface area contributed by atoms with Crippen molar-refractivity contribution in [1.29, 1.82) is 0 Å². The molecule has 0 bridgehead atoms. The number of rotatable bonds is 3. The molecule has 0 heterocycles. The molecule has 0 unspecified atom stereocenters. The first-order chi connectivity index (χ1) is 8.58. The van der Waals surface area contributed by atoms with Gasteiger partial charge in [-0.25, -0.2) is 0 Å². The molecule has 19 heavy (non-hydrogen) atoms. The highest BCUT2D eigenvalue weighted by molar-refractivity contribution is 6.30. The van der Waals surface area contributed by atoms with Crippen molar-refractivity contribution < 1.29 is 5.11 Å². The first-order valence-electron chi connectivity index (χ1n) is 5.52. The van der Waals surface area contributed by atoms with E-state index in [1.807, 2.05) is 0 Å². The van der Waals surface area contributed by atoms with E-state index in [1.165, 1.54) is 0 Å². The van der Waals surface area contributed by atoms with Crippen molar-refractivity contribution in [2.75, 3.05) is 0 Å². The molecule has 2 atom stereocenters. The molecule has 0 saturated carbocycles. The van der Waals surface area contributed by atoms with Crippen LogP contribution in [0.1, 0.15) is 23.3 Å². The predicted octanol–water partition coefficient (Wildman–Crippen LogP) is 4.15. The third-order valence-corrected chi connectivity index (χ3v) is 3.27. The van der Waals surface area contributed by atoms with Crippen molar-refractivity contribution in [2.45, 2.75) is 12.1 Å². The van der Waals surface area contributed by atoms with Gasteiger partial charge >= 0.3 is 0 Å². The van der Waals surface area contributed by atoms with Crippen molar-refractivity contribution in [3.8, 4) is 0 Å². The second-order valence-electron chi connectivity index (χ2n) is 4.08. The lowest BCUT2D eigenvalue weighted by molar-refractivity contribution is 0.147. The standard InChI is InChI=1S/C14H13Cl2NO.ClH/c15-11-6-4-9(5-7-11)13(17)14(18)10-2-1-3-12(16)8-10;/h1-8,13-14,18H,17H2;1H/t13-,14-;/m0./s1. The van der Waals surface area contributed by atoms with Crippen molar-refractivity contribution in [2.24, 2.45) is 5.73 Å². The van der Waals surface area contributed by atoms with E-state index in [0.29, 0.717) is 15.6 Å². The summed E-state index contributed by atoms with van der Waals surface area (Å²) in [6, 6.07) is 13.7. The van der Waals surface area contributed by atoms with Gasteiger partial charge in [0.25, 0.3) is 0 Å². The molecule has 0 spiro atoms. The van der Waals surface area contributed by atoms with Crippen molar-refractivity contribution >= 4 is 35.6 Å². The number of aliphatic hydroxyl groups is 1. The van der Waals surface area contributed by atoms with Gasteiger partial charge < -0.3 is 10.8 Å². The Morgan fingerprint density at radius 2 is 1.53 bits per heavy atom. The summed E-state index contributed by atoms with van der Waals surface area (Å²) in [5.41, 5.74) is 7.56.